The van der Waals surface area contributed by atoms with Gasteiger partial charge in [-0.3, -0.25) is 4.79 Å². The molecule has 3 rings (SSSR count). The summed E-state index contributed by atoms with van der Waals surface area (Å²) in [5, 5.41) is 3.34. The lowest BCUT2D eigenvalue weighted by molar-refractivity contribution is -0.117. The Kier molecular flexibility index (Phi) is 4.00. The zero-order valence-corrected chi connectivity index (χ0v) is 13.3. The molecule has 1 saturated carbocycles. The van der Waals surface area contributed by atoms with E-state index in [9.17, 15) is 9.18 Å². The molecule has 2 nitrogen and oxygen atoms in total. The lowest BCUT2D eigenvalue weighted by atomic mass is 10.1. The van der Waals surface area contributed by atoms with Crippen molar-refractivity contribution in [3.8, 4) is 0 Å². The molecule has 0 aromatic heterocycles. The number of amides is 1. The topological polar surface area (TPSA) is 29.1 Å². The molecule has 1 amide bonds. The van der Waals surface area contributed by atoms with Crippen LogP contribution in [0.4, 0.5) is 10.1 Å². The molecule has 1 N–H and O–H groups in total. The normalized spacial score (nSPS) is 20.1. The lowest BCUT2D eigenvalue weighted by Crippen LogP contribution is -2.14. The van der Waals surface area contributed by atoms with E-state index in [-0.39, 0.29) is 23.6 Å². The molecule has 2 atom stereocenters. The highest BCUT2D eigenvalue weighted by Crippen LogP contribution is 2.48. The first-order valence-corrected chi connectivity index (χ1v) is 7.73. The number of hydrogen-bond acceptors (Lipinski definition) is 1. The van der Waals surface area contributed by atoms with E-state index in [1.807, 2.05) is 6.07 Å². The summed E-state index contributed by atoms with van der Waals surface area (Å²) in [5.74, 6) is -0.217. The molecule has 1 aliphatic rings. The largest absolute Gasteiger partial charge is 0.325 e. The summed E-state index contributed by atoms with van der Waals surface area (Å²) in [6, 6.07) is 11.6. The molecule has 0 bridgehead atoms. The number of carbonyl (C=O) groups is 1. The Morgan fingerprint density at radius 2 is 1.95 bits per heavy atom. The predicted molar refractivity (Wildman–Crippen MR) is 85.0 cm³/mol. The number of nitrogens with one attached hydrogen (secondary N) is 1. The minimum absolute atomic E-state index is 0.0476. The quantitative estimate of drug-likeness (QED) is 0.813. The highest BCUT2D eigenvalue weighted by molar-refractivity contribution is 9.10. The van der Waals surface area contributed by atoms with Gasteiger partial charge in [0.25, 0.3) is 0 Å². The molecular formula is C16H12BrClFNO. The highest BCUT2D eigenvalue weighted by atomic mass is 79.9. The molecule has 1 aliphatic carbocycles. The summed E-state index contributed by atoms with van der Waals surface area (Å²) < 4.78 is 13.8. The molecule has 0 aliphatic heterocycles. The molecule has 21 heavy (non-hydrogen) atoms. The van der Waals surface area contributed by atoms with Crippen LogP contribution in [-0.4, -0.2) is 5.91 Å². The number of carbonyl (C=O) groups excluding carboxylic acids is 1. The van der Waals surface area contributed by atoms with E-state index < -0.39 is 0 Å². The van der Waals surface area contributed by atoms with E-state index in [0.29, 0.717) is 10.7 Å². The third-order valence-electron chi connectivity index (χ3n) is 3.61. The van der Waals surface area contributed by atoms with E-state index in [1.54, 1.807) is 24.3 Å². The Morgan fingerprint density at radius 1 is 1.24 bits per heavy atom. The second-order valence-corrected chi connectivity index (χ2v) is 6.44. The second-order valence-electron chi connectivity index (χ2n) is 5.11. The van der Waals surface area contributed by atoms with Crippen LogP contribution in [-0.2, 0) is 4.79 Å². The Hall–Kier alpha value is -1.39. The Morgan fingerprint density at radius 3 is 2.62 bits per heavy atom. The van der Waals surface area contributed by atoms with E-state index in [2.05, 4.69) is 21.2 Å². The number of rotatable bonds is 3. The first-order chi connectivity index (χ1) is 10.0. The van der Waals surface area contributed by atoms with Crippen LogP contribution >= 0.6 is 27.5 Å². The average molecular weight is 369 g/mol. The zero-order chi connectivity index (χ0) is 15.0. The van der Waals surface area contributed by atoms with E-state index in [0.717, 1.165) is 16.5 Å². The number of hydrogen-bond donors (Lipinski definition) is 1. The first kappa shape index (κ1) is 14.5. The van der Waals surface area contributed by atoms with Gasteiger partial charge in [0.15, 0.2) is 0 Å². The van der Waals surface area contributed by atoms with E-state index >= 15 is 0 Å². The van der Waals surface area contributed by atoms with Gasteiger partial charge in [-0.2, -0.15) is 0 Å². The maximum Gasteiger partial charge on any atom is 0.228 e. The number of anilines is 1. The van der Waals surface area contributed by atoms with Gasteiger partial charge in [0, 0.05) is 10.4 Å². The molecular weight excluding hydrogens is 357 g/mol. The summed E-state index contributed by atoms with van der Waals surface area (Å²) >= 11 is 9.41. The molecule has 2 aromatic carbocycles. The molecule has 2 unspecified atom stereocenters. The summed E-state index contributed by atoms with van der Waals surface area (Å²) in [4.78, 5) is 12.2. The van der Waals surface area contributed by atoms with Gasteiger partial charge < -0.3 is 5.32 Å². The van der Waals surface area contributed by atoms with Crippen LogP contribution in [0.25, 0.3) is 0 Å². The molecule has 1 fully saturated rings. The second kappa shape index (κ2) is 5.78. The van der Waals surface area contributed by atoms with Crippen LogP contribution in [0.1, 0.15) is 17.9 Å². The maximum absolute atomic E-state index is 12.9. The molecule has 108 valence electrons. The van der Waals surface area contributed by atoms with Crippen LogP contribution in [0.5, 0.6) is 0 Å². The SMILES string of the molecule is O=C(Nc1ccc(Br)cc1Cl)C1CC1c1ccc(F)cc1. The molecule has 0 saturated heterocycles. The van der Waals surface area contributed by atoms with Crippen molar-refractivity contribution in [1.82, 2.24) is 0 Å². The van der Waals surface area contributed by atoms with Crippen LogP contribution in [0, 0.1) is 11.7 Å². The maximum atomic E-state index is 12.9. The van der Waals surface area contributed by atoms with Crippen LogP contribution < -0.4 is 5.32 Å². The van der Waals surface area contributed by atoms with Gasteiger partial charge in [-0.15, -0.1) is 0 Å². The van der Waals surface area contributed by atoms with Crippen LogP contribution in [0.15, 0.2) is 46.9 Å². The third-order valence-corrected chi connectivity index (χ3v) is 4.42. The monoisotopic (exact) mass is 367 g/mol. The van der Waals surface area contributed by atoms with Gasteiger partial charge in [-0.05, 0) is 48.2 Å². The van der Waals surface area contributed by atoms with E-state index in [4.69, 9.17) is 11.6 Å². The lowest BCUT2D eigenvalue weighted by Gasteiger charge is -2.07. The minimum Gasteiger partial charge on any atom is -0.325 e. The van der Waals surface area contributed by atoms with Gasteiger partial charge in [0.05, 0.1) is 10.7 Å². The van der Waals surface area contributed by atoms with Crippen molar-refractivity contribution in [2.24, 2.45) is 5.92 Å². The third kappa shape index (κ3) is 3.27. The van der Waals surface area contributed by atoms with Crippen molar-refractivity contribution in [1.29, 1.82) is 0 Å². The van der Waals surface area contributed by atoms with Crippen molar-refractivity contribution in [2.45, 2.75) is 12.3 Å². The summed E-state index contributed by atoms with van der Waals surface area (Å²) in [6.07, 6.45) is 0.783. The van der Waals surface area contributed by atoms with Gasteiger partial charge in [-0.1, -0.05) is 39.7 Å². The van der Waals surface area contributed by atoms with Crippen LogP contribution in [0.3, 0.4) is 0 Å². The zero-order valence-electron chi connectivity index (χ0n) is 10.9. The fraction of sp³-hybridized carbons (Fsp3) is 0.188. The number of benzene rings is 2. The smallest absolute Gasteiger partial charge is 0.228 e. The molecule has 0 radical (unpaired) electrons. The van der Waals surface area contributed by atoms with Gasteiger partial charge in [-0.25, -0.2) is 4.39 Å². The predicted octanol–water partition coefficient (Wildman–Crippen LogP) is 4.98. The Labute approximate surface area is 135 Å². The van der Waals surface area contributed by atoms with Crippen molar-refractivity contribution in [3.05, 3.63) is 63.3 Å². The summed E-state index contributed by atoms with van der Waals surface area (Å²) in [6.45, 7) is 0. The van der Waals surface area contributed by atoms with E-state index in [1.165, 1.54) is 12.1 Å². The van der Waals surface area contributed by atoms with Gasteiger partial charge >= 0.3 is 0 Å². The van der Waals surface area contributed by atoms with Crippen LogP contribution in [0.2, 0.25) is 5.02 Å². The Bertz CT molecular complexity index is 689. The molecule has 2 aromatic rings. The Balaban J connectivity index is 1.66. The molecule has 5 heteroatoms. The molecule has 0 spiro atoms. The fourth-order valence-corrected chi connectivity index (χ4v) is 3.10. The highest BCUT2D eigenvalue weighted by Gasteiger charge is 2.44. The minimum atomic E-state index is -0.262. The number of halogens is 3. The summed E-state index contributed by atoms with van der Waals surface area (Å²) in [7, 11) is 0. The van der Waals surface area contributed by atoms with Crippen molar-refractivity contribution >= 4 is 39.1 Å². The van der Waals surface area contributed by atoms with Gasteiger partial charge in [0.2, 0.25) is 5.91 Å². The van der Waals surface area contributed by atoms with Crippen molar-refractivity contribution in [2.75, 3.05) is 5.32 Å². The first-order valence-electron chi connectivity index (χ1n) is 6.56. The van der Waals surface area contributed by atoms with Crippen molar-refractivity contribution in [3.63, 3.8) is 0 Å². The standard InChI is InChI=1S/C16H12BrClFNO/c17-10-3-6-15(14(18)7-10)20-16(21)13-8-12(13)9-1-4-11(19)5-2-9/h1-7,12-13H,8H2,(H,20,21). The van der Waals surface area contributed by atoms with Crippen molar-refractivity contribution < 1.29 is 9.18 Å². The summed E-state index contributed by atoms with van der Waals surface area (Å²) in [5.41, 5.74) is 1.60. The fourth-order valence-electron chi connectivity index (χ4n) is 2.38. The average Bonchev–Trinajstić information content (AvgIpc) is 3.23. The molecule has 0 heterocycles. The van der Waals surface area contributed by atoms with Gasteiger partial charge in [0.1, 0.15) is 5.82 Å².